The zero-order chi connectivity index (χ0) is 16.9. The van der Waals surface area contributed by atoms with Crippen LogP contribution in [0.2, 0.25) is 0 Å². The van der Waals surface area contributed by atoms with Crippen molar-refractivity contribution in [1.82, 2.24) is 9.62 Å². The normalized spacial score (nSPS) is 12.8. The Morgan fingerprint density at radius 3 is 2.17 bits per heavy atom. The maximum absolute atomic E-state index is 12.3. The van der Waals surface area contributed by atoms with Crippen LogP contribution in [-0.4, -0.2) is 38.3 Å². The van der Waals surface area contributed by atoms with Gasteiger partial charge in [-0.2, -0.15) is 4.31 Å². The maximum Gasteiger partial charge on any atom is 0.243 e. The molecule has 1 rings (SSSR count). The van der Waals surface area contributed by atoms with Crippen molar-refractivity contribution in [2.24, 2.45) is 11.7 Å². The molecule has 0 saturated heterocycles. The molecule has 0 saturated carbocycles. The molecule has 8 heteroatoms. The number of sulfonamides is 1. The fourth-order valence-corrected chi connectivity index (χ4v) is 3.06. The zero-order valence-electron chi connectivity index (χ0n) is 13.9. The molecule has 0 aliphatic heterocycles. The van der Waals surface area contributed by atoms with Crippen molar-refractivity contribution in [2.45, 2.75) is 38.3 Å². The van der Waals surface area contributed by atoms with Gasteiger partial charge in [0.05, 0.1) is 4.90 Å². The molecule has 1 unspecified atom stereocenters. The maximum atomic E-state index is 12.3. The first-order chi connectivity index (χ1) is 10.2. The van der Waals surface area contributed by atoms with Crippen LogP contribution in [0.15, 0.2) is 29.2 Å². The molecule has 0 radical (unpaired) electrons. The summed E-state index contributed by atoms with van der Waals surface area (Å²) < 4.78 is 26.0. The quantitative estimate of drug-likeness (QED) is 0.764. The second kappa shape index (κ2) is 9.22. The molecule has 1 aromatic carbocycles. The summed E-state index contributed by atoms with van der Waals surface area (Å²) in [6, 6.07) is 6.41. The molecule has 0 aliphatic carbocycles. The summed E-state index contributed by atoms with van der Waals surface area (Å²) >= 11 is 0. The molecule has 1 aromatic rings. The fraction of sp³-hybridized carbons (Fsp3) is 0.533. The minimum Gasteiger partial charge on any atom is -0.352 e. The summed E-state index contributed by atoms with van der Waals surface area (Å²) in [7, 11) is -1.92. The van der Waals surface area contributed by atoms with E-state index >= 15 is 0 Å². The lowest BCUT2D eigenvalue weighted by molar-refractivity contribution is -0.124. The third kappa shape index (κ3) is 5.76. The number of carbonyl (C=O) groups is 1. The van der Waals surface area contributed by atoms with Crippen LogP contribution in [-0.2, 0) is 21.4 Å². The molecule has 0 fully saturated rings. The first-order valence-corrected chi connectivity index (χ1v) is 8.69. The van der Waals surface area contributed by atoms with E-state index in [0.717, 1.165) is 5.56 Å². The molecule has 132 valence electrons. The predicted octanol–water partition coefficient (Wildman–Crippen LogP) is 1.35. The van der Waals surface area contributed by atoms with Crippen molar-refractivity contribution < 1.29 is 13.2 Å². The molecule has 0 aliphatic rings. The predicted molar refractivity (Wildman–Crippen MR) is 93.8 cm³/mol. The number of hydrogen-bond acceptors (Lipinski definition) is 4. The van der Waals surface area contributed by atoms with Crippen molar-refractivity contribution in [3.63, 3.8) is 0 Å². The second-order valence-electron chi connectivity index (χ2n) is 5.61. The van der Waals surface area contributed by atoms with Gasteiger partial charge in [0.15, 0.2) is 0 Å². The van der Waals surface area contributed by atoms with E-state index in [0.29, 0.717) is 13.1 Å². The van der Waals surface area contributed by atoms with Crippen molar-refractivity contribution >= 4 is 28.3 Å². The Morgan fingerprint density at radius 1 is 1.22 bits per heavy atom. The van der Waals surface area contributed by atoms with Gasteiger partial charge in [0.25, 0.3) is 0 Å². The van der Waals surface area contributed by atoms with Gasteiger partial charge in [-0.25, -0.2) is 8.42 Å². The third-order valence-corrected chi connectivity index (χ3v) is 5.64. The van der Waals surface area contributed by atoms with E-state index in [1.54, 1.807) is 38.2 Å². The standard InChI is InChI=1S/C15H25N3O3S.ClH/c1-11(2)18(4)22(20,21)14-7-5-13(6-8-14)10-17-15(19)12(3)9-16;/h5-8,11-12H,9-10,16H2,1-4H3,(H,17,19);1H. The van der Waals surface area contributed by atoms with Gasteiger partial charge in [0.2, 0.25) is 15.9 Å². The number of hydrogen-bond donors (Lipinski definition) is 2. The summed E-state index contributed by atoms with van der Waals surface area (Å²) in [5.41, 5.74) is 6.27. The van der Waals surface area contributed by atoms with Gasteiger partial charge in [-0.05, 0) is 31.5 Å². The van der Waals surface area contributed by atoms with E-state index < -0.39 is 10.0 Å². The zero-order valence-corrected chi connectivity index (χ0v) is 15.6. The van der Waals surface area contributed by atoms with Crippen LogP contribution in [0.3, 0.4) is 0 Å². The van der Waals surface area contributed by atoms with Gasteiger partial charge >= 0.3 is 0 Å². The monoisotopic (exact) mass is 363 g/mol. The van der Waals surface area contributed by atoms with E-state index in [-0.39, 0.29) is 35.2 Å². The van der Waals surface area contributed by atoms with Crippen LogP contribution in [0.25, 0.3) is 0 Å². The highest BCUT2D eigenvalue weighted by Crippen LogP contribution is 2.17. The average molecular weight is 364 g/mol. The summed E-state index contributed by atoms with van der Waals surface area (Å²) in [4.78, 5) is 11.9. The highest BCUT2D eigenvalue weighted by molar-refractivity contribution is 7.89. The topological polar surface area (TPSA) is 92.5 Å². The number of nitrogens with zero attached hydrogens (tertiary/aromatic N) is 1. The molecule has 1 atom stereocenters. The lowest BCUT2D eigenvalue weighted by Gasteiger charge is -2.21. The summed E-state index contributed by atoms with van der Waals surface area (Å²) in [6.45, 7) is 6.04. The van der Waals surface area contributed by atoms with Gasteiger partial charge in [-0.3, -0.25) is 4.79 Å². The Balaban J connectivity index is 0.00000484. The van der Waals surface area contributed by atoms with Gasteiger partial charge < -0.3 is 11.1 Å². The molecule has 0 bridgehead atoms. The Labute approximate surface area is 144 Å². The van der Waals surface area contributed by atoms with E-state index in [1.165, 1.54) is 4.31 Å². The first kappa shape index (κ1) is 21.9. The lowest BCUT2D eigenvalue weighted by Crippen LogP contribution is -2.33. The molecule has 23 heavy (non-hydrogen) atoms. The van der Waals surface area contributed by atoms with E-state index in [1.807, 2.05) is 13.8 Å². The number of amides is 1. The van der Waals surface area contributed by atoms with E-state index in [4.69, 9.17) is 5.73 Å². The van der Waals surface area contributed by atoms with Crippen LogP contribution in [0.4, 0.5) is 0 Å². The van der Waals surface area contributed by atoms with Gasteiger partial charge in [-0.1, -0.05) is 19.1 Å². The van der Waals surface area contributed by atoms with Crippen LogP contribution < -0.4 is 11.1 Å². The third-order valence-electron chi connectivity index (χ3n) is 3.60. The van der Waals surface area contributed by atoms with Crippen LogP contribution in [0.5, 0.6) is 0 Å². The Bertz CT molecular complexity index is 603. The van der Waals surface area contributed by atoms with Crippen molar-refractivity contribution in [2.75, 3.05) is 13.6 Å². The molecule has 6 nitrogen and oxygen atoms in total. The molecule has 0 spiro atoms. The SMILES string of the molecule is CC(CN)C(=O)NCc1ccc(S(=O)(=O)N(C)C(C)C)cc1.Cl. The molecular weight excluding hydrogens is 338 g/mol. The Kier molecular flexibility index (Phi) is 8.76. The summed E-state index contributed by atoms with van der Waals surface area (Å²) in [5, 5.41) is 2.77. The Hall–Kier alpha value is -1.15. The van der Waals surface area contributed by atoms with Crippen LogP contribution >= 0.6 is 12.4 Å². The number of nitrogens with two attached hydrogens (primary N) is 1. The molecular formula is C15H26ClN3O3S. The number of carbonyl (C=O) groups excluding carboxylic acids is 1. The van der Waals surface area contributed by atoms with Gasteiger partial charge in [0.1, 0.15) is 0 Å². The summed E-state index contributed by atoms with van der Waals surface area (Å²) in [5.74, 6) is -0.349. The molecule has 0 aromatic heterocycles. The van der Waals surface area contributed by atoms with Crippen LogP contribution in [0.1, 0.15) is 26.3 Å². The minimum absolute atomic E-state index is 0. The number of benzene rings is 1. The largest absolute Gasteiger partial charge is 0.352 e. The number of nitrogens with one attached hydrogen (secondary N) is 1. The highest BCUT2D eigenvalue weighted by Gasteiger charge is 2.22. The highest BCUT2D eigenvalue weighted by atomic mass is 35.5. The van der Waals surface area contributed by atoms with E-state index in [9.17, 15) is 13.2 Å². The smallest absolute Gasteiger partial charge is 0.243 e. The fourth-order valence-electron chi connectivity index (χ4n) is 1.69. The van der Waals surface area contributed by atoms with Gasteiger partial charge in [-0.15, -0.1) is 12.4 Å². The minimum atomic E-state index is -3.47. The Morgan fingerprint density at radius 2 is 1.74 bits per heavy atom. The average Bonchev–Trinajstić information content (AvgIpc) is 2.51. The lowest BCUT2D eigenvalue weighted by atomic mass is 10.1. The van der Waals surface area contributed by atoms with E-state index in [2.05, 4.69) is 5.32 Å². The number of halogens is 1. The van der Waals surface area contributed by atoms with Crippen molar-refractivity contribution in [3.05, 3.63) is 29.8 Å². The second-order valence-corrected chi connectivity index (χ2v) is 7.61. The number of rotatable bonds is 7. The molecule has 1 amide bonds. The van der Waals surface area contributed by atoms with Crippen LogP contribution in [0, 0.1) is 5.92 Å². The van der Waals surface area contributed by atoms with Gasteiger partial charge in [0, 0.05) is 32.1 Å². The summed E-state index contributed by atoms with van der Waals surface area (Å²) in [6.07, 6.45) is 0. The molecule has 3 N–H and O–H groups in total. The first-order valence-electron chi connectivity index (χ1n) is 7.25. The van der Waals surface area contributed by atoms with Crippen molar-refractivity contribution in [3.8, 4) is 0 Å². The molecule has 0 heterocycles. The van der Waals surface area contributed by atoms with Crippen molar-refractivity contribution in [1.29, 1.82) is 0 Å².